The Morgan fingerprint density at radius 1 is 1.06 bits per heavy atom. The van der Waals surface area contributed by atoms with E-state index in [0.717, 1.165) is 0 Å². The smallest absolute Gasteiger partial charge is 0.236 e. The van der Waals surface area contributed by atoms with Crippen molar-refractivity contribution in [2.75, 3.05) is 47.8 Å². The predicted molar refractivity (Wildman–Crippen MR) is 75.2 cm³/mol. The summed E-state index contributed by atoms with van der Waals surface area (Å²) in [6, 6.07) is 0. The van der Waals surface area contributed by atoms with Crippen LogP contribution in [0.1, 0.15) is 6.42 Å². The van der Waals surface area contributed by atoms with Crippen molar-refractivity contribution >= 4 is 29.0 Å². The van der Waals surface area contributed by atoms with E-state index in [1.165, 1.54) is 4.90 Å². The summed E-state index contributed by atoms with van der Waals surface area (Å²) in [6.07, 6.45) is 0.512. The average molecular weight is 274 g/mol. The number of hydrogen-bond acceptors (Lipinski definition) is 4. The third-order valence-corrected chi connectivity index (χ3v) is 2.63. The molecule has 0 aromatic carbocycles. The predicted octanol–water partition coefficient (Wildman–Crippen LogP) is -0.859. The van der Waals surface area contributed by atoms with Gasteiger partial charge in [0.25, 0.3) is 0 Å². The Morgan fingerprint density at radius 2 is 1.56 bits per heavy atom. The highest BCUT2D eigenvalue weighted by molar-refractivity contribution is 7.80. The summed E-state index contributed by atoms with van der Waals surface area (Å²) in [5.41, 5.74) is 5.37. The number of nitrogens with two attached hydrogens (primary N) is 1. The lowest BCUT2D eigenvalue weighted by Gasteiger charge is -2.22. The Labute approximate surface area is 114 Å². The molecule has 0 saturated heterocycles. The minimum Gasteiger partial charge on any atom is -0.393 e. The molecule has 0 atom stereocenters. The highest BCUT2D eigenvalue weighted by atomic mass is 32.1. The number of nitrogens with zero attached hydrogens (tertiary/aromatic N) is 3. The Morgan fingerprint density at radius 3 is 2.00 bits per heavy atom. The monoisotopic (exact) mass is 274 g/mol. The van der Waals surface area contributed by atoms with Crippen LogP contribution in [0.4, 0.5) is 0 Å². The SMILES string of the molecule is CN(CC(=O)N(C)C)CC(=O)N(C)CCC(N)=S. The van der Waals surface area contributed by atoms with Crippen LogP contribution in [0, 0.1) is 0 Å². The van der Waals surface area contributed by atoms with E-state index >= 15 is 0 Å². The third kappa shape index (κ3) is 7.18. The number of carbonyl (C=O) groups is 2. The van der Waals surface area contributed by atoms with Gasteiger partial charge in [-0.15, -0.1) is 0 Å². The van der Waals surface area contributed by atoms with Gasteiger partial charge in [0.05, 0.1) is 18.1 Å². The zero-order valence-corrected chi connectivity index (χ0v) is 12.3. The fourth-order valence-electron chi connectivity index (χ4n) is 1.18. The first-order valence-electron chi connectivity index (χ1n) is 5.65. The van der Waals surface area contributed by atoms with Crippen molar-refractivity contribution in [2.45, 2.75) is 6.42 Å². The minimum absolute atomic E-state index is 0.0314. The Balaban J connectivity index is 4.06. The molecule has 0 unspecified atom stereocenters. The van der Waals surface area contributed by atoms with E-state index in [-0.39, 0.29) is 24.9 Å². The molecule has 2 N–H and O–H groups in total. The van der Waals surface area contributed by atoms with Gasteiger partial charge in [-0.2, -0.15) is 0 Å². The first-order valence-corrected chi connectivity index (χ1v) is 6.05. The van der Waals surface area contributed by atoms with Crippen LogP contribution in [0.25, 0.3) is 0 Å². The van der Waals surface area contributed by atoms with Gasteiger partial charge in [-0.05, 0) is 7.05 Å². The largest absolute Gasteiger partial charge is 0.393 e. The van der Waals surface area contributed by atoms with Gasteiger partial charge >= 0.3 is 0 Å². The number of amides is 2. The van der Waals surface area contributed by atoms with Crippen molar-refractivity contribution in [2.24, 2.45) is 5.73 Å². The van der Waals surface area contributed by atoms with Crippen molar-refractivity contribution in [3.05, 3.63) is 0 Å². The molecule has 6 nitrogen and oxygen atoms in total. The van der Waals surface area contributed by atoms with E-state index in [1.54, 1.807) is 38.0 Å². The quantitative estimate of drug-likeness (QED) is 0.612. The Hall–Kier alpha value is -1.21. The molecule has 0 rings (SSSR count). The molecule has 0 aromatic rings. The number of carbonyl (C=O) groups excluding carboxylic acids is 2. The molecular formula is C11H22N4O2S. The summed E-state index contributed by atoms with van der Waals surface area (Å²) in [7, 11) is 6.81. The van der Waals surface area contributed by atoms with E-state index in [4.69, 9.17) is 18.0 Å². The molecule has 0 bridgehead atoms. The van der Waals surface area contributed by atoms with E-state index in [2.05, 4.69) is 0 Å². The maximum Gasteiger partial charge on any atom is 0.236 e. The van der Waals surface area contributed by atoms with Gasteiger partial charge < -0.3 is 15.5 Å². The first-order chi connectivity index (χ1) is 8.23. The number of hydrogen-bond donors (Lipinski definition) is 1. The molecule has 0 heterocycles. The zero-order chi connectivity index (χ0) is 14.3. The molecule has 2 amide bonds. The molecular weight excluding hydrogens is 252 g/mol. The molecule has 0 aliphatic carbocycles. The molecule has 0 aliphatic heterocycles. The van der Waals surface area contributed by atoms with E-state index < -0.39 is 0 Å². The second-order valence-corrected chi connectivity index (χ2v) is 5.02. The molecule has 0 fully saturated rings. The summed E-state index contributed by atoms with van der Waals surface area (Å²) in [5.74, 6) is -0.0867. The summed E-state index contributed by atoms with van der Waals surface area (Å²) in [6.45, 7) is 0.929. The van der Waals surface area contributed by atoms with Crippen molar-refractivity contribution in [1.82, 2.24) is 14.7 Å². The fraction of sp³-hybridized carbons (Fsp3) is 0.727. The number of rotatable bonds is 7. The van der Waals surface area contributed by atoms with Gasteiger partial charge in [-0.25, -0.2) is 0 Å². The van der Waals surface area contributed by atoms with Gasteiger partial charge in [0.2, 0.25) is 11.8 Å². The second-order valence-electron chi connectivity index (χ2n) is 4.49. The summed E-state index contributed by atoms with van der Waals surface area (Å²) in [5, 5.41) is 0. The molecule has 0 spiro atoms. The maximum absolute atomic E-state index is 11.8. The third-order valence-electron chi connectivity index (χ3n) is 2.43. The van der Waals surface area contributed by atoms with Crippen LogP contribution in [0.2, 0.25) is 0 Å². The van der Waals surface area contributed by atoms with Crippen LogP contribution < -0.4 is 5.73 Å². The van der Waals surface area contributed by atoms with Gasteiger partial charge in [0.15, 0.2) is 0 Å². The lowest BCUT2D eigenvalue weighted by atomic mass is 10.3. The normalized spacial score (nSPS) is 10.3. The Bertz CT molecular complexity index is 320. The second kappa shape index (κ2) is 7.99. The standard InChI is InChI=1S/C11H22N4O2S/c1-13(2)10(16)7-14(3)8-11(17)15(4)6-5-9(12)18/h5-8H2,1-4H3,(H2,12,18). The van der Waals surface area contributed by atoms with Crippen LogP contribution in [0.3, 0.4) is 0 Å². The molecule has 104 valence electrons. The lowest BCUT2D eigenvalue weighted by Crippen LogP contribution is -2.41. The maximum atomic E-state index is 11.8. The summed E-state index contributed by atoms with van der Waals surface area (Å²) >= 11 is 4.75. The van der Waals surface area contributed by atoms with Gasteiger partial charge in [0, 0.05) is 34.1 Å². The van der Waals surface area contributed by atoms with Crippen LogP contribution in [-0.4, -0.2) is 79.3 Å². The molecule has 7 heteroatoms. The van der Waals surface area contributed by atoms with Crippen LogP contribution >= 0.6 is 12.2 Å². The van der Waals surface area contributed by atoms with Gasteiger partial charge in [0.1, 0.15) is 0 Å². The first kappa shape index (κ1) is 16.8. The highest BCUT2D eigenvalue weighted by Crippen LogP contribution is 1.93. The number of likely N-dealkylation sites (N-methyl/N-ethyl adjacent to an activating group) is 3. The van der Waals surface area contributed by atoms with E-state index in [1.807, 2.05) is 0 Å². The van der Waals surface area contributed by atoms with Gasteiger partial charge in [-0.3, -0.25) is 14.5 Å². The average Bonchev–Trinajstić information content (AvgIpc) is 2.24. The fourth-order valence-corrected chi connectivity index (χ4v) is 1.27. The molecule has 0 saturated carbocycles. The van der Waals surface area contributed by atoms with Crippen molar-refractivity contribution in [3.8, 4) is 0 Å². The zero-order valence-electron chi connectivity index (χ0n) is 11.5. The Kier molecular flexibility index (Phi) is 7.45. The molecule has 0 aliphatic rings. The van der Waals surface area contributed by atoms with Crippen molar-refractivity contribution in [1.29, 1.82) is 0 Å². The van der Waals surface area contributed by atoms with Crippen molar-refractivity contribution in [3.63, 3.8) is 0 Å². The van der Waals surface area contributed by atoms with Crippen LogP contribution in [0.15, 0.2) is 0 Å². The molecule has 0 radical (unpaired) electrons. The summed E-state index contributed by atoms with van der Waals surface area (Å²) in [4.78, 5) is 28.4. The minimum atomic E-state index is -0.0553. The molecule has 18 heavy (non-hydrogen) atoms. The summed E-state index contributed by atoms with van der Waals surface area (Å²) < 4.78 is 0. The van der Waals surface area contributed by atoms with E-state index in [0.29, 0.717) is 18.0 Å². The van der Waals surface area contributed by atoms with Gasteiger partial charge in [-0.1, -0.05) is 12.2 Å². The van der Waals surface area contributed by atoms with Crippen LogP contribution in [-0.2, 0) is 9.59 Å². The molecule has 0 aromatic heterocycles. The number of thiocarbonyl (C=S) groups is 1. The van der Waals surface area contributed by atoms with Crippen LogP contribution in [0.5, 0.6) is 0 Å². The lowest BCUT2D eigenvalue weighted by molar-refractivity contribution is -0.133. The topological polar surface area (TPSA) is 69.9 Å². The highest BCUT2D eigenvalue weighted by Gasteiger charge is 2.14. The van der Waals surface area contributed by atoms with E-state index in [9.17, 15) is 9.59 Å². The van der Waals surface area contributed by atoms with Crippen molar-refractivity contribution < 1.29 is 9.59 Å².